The number of aryl methyl sites for hydroxylation is 1. The summed E-state index contributed by atoms with van der Waals surface area (Å²) in [6.07, 6.45) is 9.91. The van der Waals surface area contributed by atoms with Gasteiger partial charge in [-0.15, -0.1) is 0 Å². The van der Waals surface area contributed by atoms with Crippen LogP contribution in [0, 0.1) is 0 Å². The van der Waals surface area contributed by atoms with Crippen molar-refractivity contribution in [3.05, 3.63) is 61.1 Å². The second-order valence-corrected chi connectivity index (χ2v) is 10.9. The number of hydrogen-bond donors (Lipinski definition) is 0. The van der Waals surface area contributed by atoms with E-state index in [0.29, 0.717) is 6.61 Å². The number of anilines is 2. The third-order valence-corrected chi connectivity index (χ3v) is 7.15. The number of hydrogen-bond acceptors (Lipinski definition) is 7. The van der Waals surface area contributed by atoms with Gasteiger partial charge < -0.3 is 23.7 Å². The molecule has 38 heavy (non-hydrogen) atoms. The second kappa shape index (κ2) is 12.5. The molecule has 0 amide bonds. The van der Waals surface area contributed by atoms with Gasteiger partial charge in [-0.25, -0.2) is 4.98 Å². The maximum absolute atomic E-state index is 6.27. The minimum absolute atomic E-state index is 0.139. The van der Waals surface area contributed by atoms with Crippen molar-refractivity contribution in [3.63, 3.8) is 0 Å². The van der Waals surface area contributed by atoms with Gasteiger partial charge in [0.05, 0.1) is 42.7 Å². The van der Waals surface area contributed by atoms with E-state index in [-0.39, 0.29) is 5.60 Å². The zero-order valence-electron chi connectivity index (χ0n) is 23.2. The van der Waals surface area contributed by atoms with Crippen molar-refractivity contribution in [2.24, 2.45) is 7.05 Å². The van der Waals surface area contributed by atoms with Crippen molar-refractivity contribution in [2.45, 2.75) is 32.3 Å². The maximum Gasteiger partial charge on any atom is 0.124 e. The van der Waals surface area contributed by atoms with Gasteiger partial charge in [-0.1, -0.05) is 0 Å². The highest BCUT2D eigenvalue weighted by Gasteiger charge is 2.19. The first-order chi connectivity index (χ1) is 18.3. The summed E-state index contributed by atoms with van der Waals surface area (Å²) < 4.78 is 19.4. The Morgan fingerprint density at radius 3 is 2.39 bits per heavy atom. The number of rotatable bonds is 13. The van der Waals surface area contributed by atoms with Gasteiger partial charge in [0.1, 0.15) is 11.5 Å². The predicted molar refractivity (Wildman–Crippen MR) is 158 cm³/mol. The van der Waals surface area contributed by atoms with Gasteiger partial charge in [0.2, 0.25) is 0 Å². The molecule has 0 bridgehead atoms. The van der Waals surface area contributed by atoms with Gasteiger partial charge in [-0.05, 0) is 63.0 Å². The lowest BCUT2D eigenvalue weighted by Gasteiger charge is -2.28. The molecule has 7 nitrogen and oxygen atoms in total. The molecule has 8 heteroatoms. The van der Waals surface area contributed by atoms with Crippen LogP contribution in [0.2, 0.25) is 0 Å². The minimum atomic E-state index is -0.139. The number of thioether (sulfide) groups is 1. The van der Waals surface area contributed by atoms with Crippen molar-refractivity contribution >= 4 is 34.2 Å². The van der Waals surface area contributed by atoms with Crippen molar-refractivity contribution in [1.82, 2.24) is 14.5 Å². The van der Waals surface area contributed by atoms with Crippen LogP contribution in [0.4, 0.5) is 11.4 Å². The highest BCUT2D eigenvalue weighted by molar-refractivity contribution is 7.98. The van der Waals surface area contributed by atoms with Crippen LogP contribution in [0.1, 0.15) is 26.7 Å². The number of benzene rings is 2. The van der Waals surface area contributed by atoms with Gasteiger partial charge in [-0.2, -0.15) is 11.8 Å². The molecule has 0 saturated heterocycles. The average Bonchev–Trinajstić information content (AvgIpc) is 3.37. The predicted octanol–water partition coefficient (Wildman–Crippen LogP) is 6.73. The van der Waals surface area contributed by atoms with Crippen LogP contribution in [-0.2, 0) is 11.8 Å². The van der Waals surface area contributed by atoms with Crippen LogP contribution in [0.5, 0.6) is 11.5 Å². The van der Waals surface area contributed by atoms with Crippen molar-refractivity contribution in [1.29, 1.82) is 0 Å². The Morgan fingerprint density at radius 2 is 1.74 bits per heavy atom. The molecule has 2 heterocycles. The Hall–Kier alpha value is -3.23. The van der Waals surface area contributed by atoms with Crippen LogP contribution < -0.4 is 14.4 Å². The van der Waals surface area contributed by atoms with Gasteiger partial charge in [0.15, 0.2) is 0 Å². The maximum atomic E-state index is 6.27. The molecule has 4 aromatic rings. The average molecular weight is 535 g/mol. The second-order valence-electron chi connectivity index (χ2n) is 9.92. The normalized spacial score (nSPS) is 11.6. The number of ether oxygens (including phenoxy) is 3. The lowest BCUT2D eigenvalue weighted by atomic mass is 10.1. The van der Waals surface area contributed by atoms with Gasteiger partial charge >= 0.3 is 0 Å². The molecular formula is C30H38N4O3S. The van der Waals surface area contributed by atoms with E-state index in [9.17, 15) is 0 Å². The quantitative estimate of drug-likeness (QED) is 0.176. The first-order valence-corrected chi connectivity index (χ1v) is 14.2. The number of nitrogens with zero attached hydrogens (tertiary/aromatic N) is 4. The molecule has 0 radical (unpaired) electrons. The molecule has 0 unspecified atom stereocenters. The molecule has 4 rings (SSSR count). The van der Waals surface area contributed by atoms with Gasteiger partial charge in [0.25, 0.3) is 0 Å². The Labute approximate surface area is 230 Å². The zero-order chi connectivity index (χ0) is 27.1. The summed E-state index contributed by atoms with van der Waals surface area (Å²) in [5.41, 5.74) is 5.46. The summed E-state index contributed by atoms with van der Waals surface area (Å²) >= 11 is 1.85. The number of methoxy groups -OCH3 is 2. The smallest absolute Gasteiger partial charge is 0.124 e. The Balaban J connectivity index is 1.64. The minimum Gasteiger partial charge on any atom is -0.497 e. The molecule has 0 saturated carbocycles. The van der Waals surface area contributed by atoms with E-state index in [2.05, 4.69) is 54.4 Å². The Bertz CT molecular complexity index is 1330. The van der Waals surface area contributed by atoms with Gasteiger partial charge in [0, 0.05) is 67.7 Å². The highest BCUT2D eigenvalue weighted by Crippen LogP contribution is 2.34. The van der Waals surface area contributed by atoms with E-state index >= 15 is 0 Å². The third kappa shape index (κ3) is 6.99. The van der Waals surface area contributed by atoms with E-state index < -0.39 is 0 Å². The zero-order valence-corrected chi connectivity index (χ0v) is 24.0. The molecule has 2 aromatic heterocycles. The molecular weight excluding hydrogens is 496 g/mol. The topological polar surface area (TPSA) is 61.6 Å². The molecule has 2 aromatic carbocycles. The molecule has 0 aliphatic heterocycles. The lowest BCUT2D eigenvalue weighted by Crippen LogP contribution is -2.27. The summed E-state index contributed by atoms with van der Waals surface area (Å²) in [5, 5.41) is 0. The summed E-state index contributed by atoms with van der Waals surface area (Å²) in [6, 6.07) is 14.2. The van der Waals surface area contributed by atoms with Gasteiger partial charge in [-0.3, -0.25) is 4.98 Å². The summed E-state index contributed by atoms with van der Waals surface area (Å²) in [4.78, 5) is 11.9. The lowest BCUT2D eigenvalue weighted by molar-refractivity contribution is -0.0193. The van der Waals surface area contributed by atoms with Crippen LogP contribution in [0.3, 0.4) is 0 Å². The molecule has 0 aliphatic rings. The number of fused-ring (bicyclic) bond motifs is 1. The molecule has 0 aliphatic carbocycles. The summed E-state index contributed by atoms with van der Waals surface area (Å²) in [5.74, 6) is 2.57. The van der Waals surface area contributed by atoms with Crippen molar-refractivity contribution < 1.29 is 14.2 Å². The van der Waals surface area contributed by atoms with E-state index in [4.69, 9.17) is 19.2 Å². The molecule has 0 spiro atoms. The fourth-order valence-corrected chi connectivity index (χ4v) is 5.00. The van der Waals surface area contributed by atoms with Crippen LogP contribution >= 0.6 is 11.8 Å². The summed E-state index contributed by atoms with van der Waals surface area (Å²) in [7, 11) is 5.35. The first kappa shape index (κ1) is 27.8. The SMILES string of the molecule is COc1cc(OC)cc(N(CCCOC(C)(C)CCSC)c2ccc3ncc(-c4ccn(C)c4)nc3c2)c1. The first-order valence-electron chi connectivity index (χ1n) is 12.8. The molecule has 202 valence electrons. The van der Waals surface area contributed by atoms with E-state index in [1.807, 2.05) is 60.0 Å². The molecule has 0 N–H and O–H groups in total. The van der Waals surface area contributed by atoms with E-state index in [0.717, 1.165) is 70.3 Å². The van der Waals surface area contributed by atoms with Crippen molar-refractivity contribution in [3.8, 4) is 22.8 Å². The summed E-state index contributed by atoms with van der Waals surface area (Å²) in [6.45, 7) is 5.76. The standard InChI is InChI=1S/C30H38N4O3S/c1-30(2,11-15-38-6)37-14-7-12-34(24-16-25(35-4)19-26(17-24)36-5)23-8-9-27-28(18-23)32-29(20-31-27)22-10-13-33(3)21-22/h8-10,13,16-21H,7,11-12,14-15H2,1-6H3. The van der Waals surface area contributed by atoms with Crippen LogP contribution in [0.15, 0.2) is 61.1 Å². The Kier molecular flexibility index (Phi) is 9.17. The fraction of sp³-hybridized carbons (Fsp3) is 0.400. The van der Waals surface area contributed by atoms with E-state index in [1.54, 1.807) is 14.2 Å². The van der Waals surface area contributed by atoms with Crippen molar-refractivity contribution in [2.75, 3.05) is 44.3 Å². The van der Waals surface area contributed by atoms with Crippen LogP contribution in [-0.4, -0.2) is 59.5 Å². The largest absolute Gasteiger partial charge is 0.497 e. The molecule has 0 atom stereocenters. The monoisotopic (exact) mass is 534 g/mol. The Morgan fingerprint density at radius 1 is 0.974 bits per heavy atom. The fourth-order valence-electron chi connectivity index (χ4n) is 4.31. The van der Waals surface area contributed by atoms with Crippen LogP contribution in [0.25, 0.3) is 22.3 Å². The van der Waals surface area contributed by atoms with E-state index in [1.165, 1.54) is 0 Å². The third-order valence-electron chi connectivity index (χ3n) is 6.54. The highest BCUT2D eigenvalue weighted by atomic mass is 32.2. The number of aromatic nitrogens is 3. The molecule has 0 fully saturated rings.